The molecule has 2 aliphatic rings. The molecule has 1 aromatic carbocycles. The van der Waals surface area contributed by atoms with E-state index in [0.29, 0.717) is 38.5 Å². The first kappa shape index (κ1) is 17.2. The maximum Gasteiger partial charge on any atom is 0.233 e. The molecule has 3 heterocycles. The number of hydrogen-bond acceptors (Lipinski definition) is 3. The van der Waals surface area contributed by atoms with Crippen molar-refractivity contribution < 1.29 is 13.9 Å². The van der Waals surface area contributed by atoms with Gasteiger partial charge in [-0.1, -0.05) is 12.1 Å². The summed E-state index contributed by atoms with van der Waals surface area (Å²) in [6.45, 7) is 2.58. The lowest BCUT2D eigenvalue weighted by Gasteiger charge is -2.42. The Morgan fingerprint density at radius 3 is 2.69 bits per heavy atom. The van der Waals surface area contributed by atoms with Gasteiger partial charge in [0.15, 0.2) is 0 Å². The second kappa shape index (κ2) is 7.19. The zero-order valence-electron chi connectivity index (χ0n) is 14.8. The van der Waals surface area contributed by atoms with Crippen molar-refractivity contribution in [2.75, 3.05) is 26.3 Å². The van der Waals surface area contributed by atoms with Crippen molar-refractivity contribution >= 4 is 5.91 Å². The average Bonchev–Trinajstić information content (AvgIpc) is 3.23. The third-order valence-corrected chi connectivity index (χ3v) is 5.82. The minimum absolute atomic E-state index is 0.150. The summed E-state index contributed by atoms with van der Waals surface area (Å²) in [4.78, 5) is 15.6. The Labute approximate surface area is 152 Å². The number of piperidine rings is 1. The minimum atomic E-state index is -0.609. The summed E-state index contributed by atoms with van der Waals surface area (Å²) in [7, 11) is 0. The molecule has 4 rings (SSSR count). The van der Waals surface area contributed by atoms with E-state index in [1.807, 2.05) is 11.0 Å². The van der Waals surface area contributed by atoms with E-state index < -0.39 is 5.41 Å². The Hall–Kier alpha value is -2.21. The highest BCUT2D eigenvalue weighted by molar-refractivity contribution is 5.88. The molecule has 2 saturated heterocycles. The van der Waals surface area contributed by atoms with Crippen LogP contribution in [0, 0.1) is 5.82 Å². The normalized spacial score (nSPS) is 23.0. The van der Waals surface area contributed by atoms with Crippen LogP contribution in [-0.2, 0) is 14.9 Å². The van der Waals surface area contributed by atoms with E-state index in [4.69, 9.17) is 4.74 Å². The molecule has 138 valence electrons. The summed E-state index contributed by atoms with van der Waals surface area (Å²) >= 11 is 0. The van der Waals surface area contributed by atoms with Crippen LogP contribution in [0.4, 0.5) is 4.39 Å². The monoisotopic (exact) mass is 357 g/mol. The Kier molecular flexibility index (Phi) is 4.76. The van der Waals surface area contributed by atoms with E-state index in [0.717, 1.165) is 30.6 Å². The van der Waals surface area contributed by atoms with E-state index in [2.05, 4.69) is 10.2 Å². The Bertz CT molecular complexity index is 739. The number of carbonyl (C=O) groups is 1. The van der Waals surface area contributed by atoms with Crippen molar-refractivity contribution in [2.24, 2.45) is 0 Å². The van der Waals surface area contributed by atoms with Crippen molar-refractivity contribution in [3.63, 3.8) is 0 Å². The number of likely N-dealkylation sites (tertiary alicyclic amines) is 1. The van der Waals surface area contributed by atoms with Gasteiger partial charge in [0.2, 0.25) is 5.91 Å². The number of rotatable bonds is 3. The van der Waals surface area contributed by atoms with E-state index in [9.17, 15) is 9.18 Å². The fraction of sp³-hybridized carbons (Fsp3) is 0.500. The lowest BCUT2D eigenvalue weighted by atomic mass is 9.72. The van der Waals surface area contributed by atoms with Crippen LogP contribution in [0.1, 0.15) is 42.9 Å². The maximum atomic E-state index is 13.6. The van der Waals surface area contributed by atoms with Crippen LogP contribution in [0.15, 0.2) is 36.5 Å². The smallest absolute Gasteiger partial charge is 0.233 e. The predicted octanol–water partition coefficient (Wildman–Crippen LogP) is 3.00. The van der Waals surface area contributed by atoms with Crippen LogP contribution >= 0.6 is 0 Å². The number of nitrogens with zero attached hydrogens (tertiary/aromatic N) is 2. The molecule has 0 radical (unpaired) electrons. The lowest BCUT2D eigenvalue weighted by Crippen LogP contribution is -2.52. The predicted molar refractivity (Wildman–Crippen MR) is 95.3 cm³/mol. The second-order valence-corrected chi connectivity index (χ2v) is 7.30. The molecule has 0 saturated carbocycles. The maximum absolute atomic E-state index is 13.6. The quantitative estimate of drug-likeness (QED) is 0.919. The molecule has 2 aromatic rings. The van der Waals surface area contributed by atoms with Gasteiger partial charge in [-0.05, 0) is 49.4 Å². The molecule has 1 aromatic heterocycles. The number of ether oxygens (including phenoxy) is 1. The van der Waals surface area contributed by atoms with Gasteiger partial charge in [-0.15, -0.1) is 0 Å². The molecule has 6 heteroatoms. The number of carbonyl (C=O) groups excluding carboxylic acids is 1. The summed E-state index contributed by atoms with van der Waals surface area (Å²) in [5.74, 6) is 0.164. The molecule has 1 atom stereocenters. The molecule has 5 nitrogen and oxygen atoms in total. The molecule has 2 aliphatic heterocycles. The van der Waals surface area contributed by atoms with Crippen LogP contribution in [0.2, 0.25) is 0 Å². The van der Waals surface area contributed by atoms with E-state index in [-0.39, 0.29) is 11.7 Å². The zero-order chi connectivity index (χ0) is 18.0. The van der Waals surface area contributed by atoms with Crippen molar-refractivity contribution in [2.45, 2.75) is 37.0 Å². The summed E-state index contributed by atoms with van der Waals surface area (Å²) in [5.41, 5.74) is 1.38. The van der Waals surface area contributed by atoms with Crippen molar-refractivity contribution in [3.05, 3.63) is 53.6 Å². The van der Waals surface area contributed by atoms with Crippen molar-refractivity contribution in [1.82, 2.24) is 15.1 Å². The lowest BCUT2D eigenvalue weighted by molar-refractivity contribution is -0.142. The van der Waals surface area contributed by atoms with E-state index >= 15 is 0 Å². The highest BCUT2D eigenvalue weighted by Crippen LogP contribution is 2.38. The Balaban J connectivity index is 1.61. The van der Waals surface area contributed by atoms with Gasteiger partial charge in [-0.3, -0.25) is 9.89 Å². The zero-order valence-corrected chi connectivity index (χ0v) is 14.8. The SMILES string of the molecule is O=C(N1CCCC(c2ccn[nH]2)C1)C1(c2ccc(F)cc2)CCOCC1. The third kappa shape index (κ3) is 3.14. The molecule has 1 amide bonds. The summed E-state index contributed by atoms with van der Waals surface area (Å²) in [5, 5.41) is 7.09. The summed E-state index contributed by atoms with van der Waals surface area (Å²) in [6, 6.07) is 8.40. The first-order chi connectivity index (χ1) is 12.7. The minimum Gasteiger partial charge on any atom is -0.381 e. The number of aromatic nitrogens is 2. The highest BCUT2D eigenvalue weighted by Gasteiger charge is 2.45. The van der Waals surface area contributed by atoms with Gasteiger partial charge in [0.25, 0.3) is 0 Å². The summed E-state index contributed by atoms with van der Waals surface area (Å²) in [6.07, 6.45) is 5.07. The average molecular weight is 357 g/mol. The van der Waals surface area contributed by atoms with Crippen LogP contribution in [-0.4, -0.2) is 47.3 Å². The van der Waals surface area contributed by atoms with Gasteiger partial charge >= 0.3 is 0 Å². The molecule has 0 bridgehead atoms. The second-order valence-electron chi connectivity index (χ2n) is 7.30. The molecular formula is C20H24FN3O2. The van der Waals surface area contributed by atoms with Crippen LogP contribution < -0.4 is 0 Å². The third-order valence-electron chi connectivity index (χ3n) is 5.82. The number of nitrogens with one attached hydrogen (secondary N) is 1. The van der Waals surface area contributed by atoms with Gasteiger partial charge in [0, 0.05) is 44.1 Å². The fourth-order valence-electron chi connectivity index (χ4n) is 4.33. The van der Waals surface area contributed by atoms with Crippen molar-refractivity contribution in [3.8, 4) is 0 Å². The molecular weight excluding hydrogens is 333 g/mol. The number of H-pyrrole nitrogens is 1. The van der Waals surface area contributed by atoms with Gasteiger partial charge < -0.3 is 9.64 Å². The van der Waals surface area contributed by atoms with Gasteiger partial charge in [-0.25, -0.2) is 4.39 Å². The standard InChI is InChI=1S/C20H24FN3O2/c21-17-5-3-16(4-6-17)20(8-12-26-13-9-20)19(25)24-11-1-2-15(14-24)18-7-10-22-23-18/h3-7,10,15H,1-2,8-9,11-14H2,(H,22,23). The fourth-order valence-corrected chi connectivity index (χ4v) is 4.33. The largest absolute Gasteiger partial charge is 0.381 e. The van der Waals surface area contributed by atoms with Gasteiger partial charge in [0.1, 0.15) is 5.82 Å². The van der Waals surface area contributed by atoms with Gasteiger partial charge in [-0.2, -0.15) is 5.10 Å². The number of hydrogen-bond donors (Lipinski definition) is 1. The first-order valence-corrected chi connectivity index (χ1v) is 9.31. The van der Waals surface area contributed by atoms with Crippen LogP contribution in [0.5, 0.6) is 0 Å². The Morgan fingerprint density at radius 1 is 1.23 bits per heavy atom. The highest BCUT2D eigenvalue weighted by atomic mass is 19.1. The number of amides is 1. The number of halogens is 1. The van der Waals surface area contributed by atoms with Crippen LogP contribution in [0.25, 0.3) is 0 Å². The molecule has 26 heavy (non-hydrogen) atoms. The molecule has 1 N–H and O–H groups in total. The topological polar surface area (TPSA) is 58.2 Å². The number of benzene rings is 1. The van der Waals surface area contributed by atoms with E-state index in [1.54, 1.807) is 18.3 Å². The molecule has 0 spiro atoms. The van der Waals surface area contributed by atoms with Crippen molar-refractivity contribution in [1.29, 1.82) is 0 Å². The summed E-state index contributed by atoms with van der Waals surface area (Å²) < 4.78 is 18.9. The number of aromatic amines is 1. The van der Waals surface area contributed by atoms with Crippen LogP contribution in [0.3, 0.4) is 0 Å². The molecule has 1 unspecified atom stereocenters. The van der Waals surface area contributed by atoms with E-state index in [1.165, 1.54) is 12.1 Å². The molecule has 0 aliphatic carbocycles. The molecule has 2 fully saturated rings. The Morgan fingerprint density at radius 2 is 2.00 bits per heavy atom. The van der Waals surface area contributed by atoms with Gasteiger partial charge in [0.05, 0.1) is 5.41 Å². The first-order valence-electron chi connectivity index (χ1n) is 9.31.